The first-order chi connectivity index (χ1) is 3.41. The van der Waals surface area contributed by atoms with E-state index in [9.17, 15) is 0 Å². The first-order valence-corrected chi connectivity index (χ1v) is 7.69. The molecule has 0 rings (SSSR count). The summed E-state index contributed by atoms with van der Waals surface area (Å²) < 4.78 is 0. The van der Waals surface area contributed by atoms with Crippen molar-refractivity contribution in [1.82, 2.24) is 0 Å². The quantitative estimate of drug-likeness (QED) is 0.520. The fraction of sp³-hybridized carbons (Fsp3) is 0.667. The van der Waals surface area contributed by atoms with Gasteiger partial charge in [0.25, 0.3) is 0 Å². The smallest absolute Gasteiger partial charge is 0.116 e. The summed E-state index contributed by atoms with van der Waals surface area (Å²) in [5, 5.41) is 7.00. The molecule has 0 fully saturated rings. The maximum absolute atomic E-state index is 8.81. The van der Waals surface area contributed by atoms with Gasteiger partial charge in [0.05, 0.1) is 0 Å². The zero-order valence-corrected chi connectivity index (χ0v) is 9.56. The summed E-state index contributed by atoms with van der Waals surface area (Å²) in [7, 11) is 1.00. The van der Waals surface area contributed by atoms with Crippen LogP contribution in [0, 0.1) is 37.7 Å². The predicted molar refractivity (Wildman–Crippen MR) is 47.9 cm³/mol. The van der Waals surface area contributed by atoms with E-state index < -0.39 is 0 Å². The number of carbonyl (C=O) groups excluding carboxylic acids is 1. The van der Waals surface area contributed by atoms with E-state index in [0.29, 0.717) is 0 Å². The summed E-state index contributed by atoms with van der Waals surface area (Å²) in [4.78, 5) is 8.81. The Kier molecular flexibility index (Phi) is 163. The second-order valence-electron chi connectivity index (χ2n) is 0.236. The zero-order chi connectivity index (χ0) is 6.71. The SMILES string of the molecule is CC=O.CO.II.[Ar]. The van der Waals surface area contributed by atoms with Crippen molar-refractivity contribution in [3.05, 3.63) is 0 Å². The maximum atomic E-state index is 8.81. The van der Waals surface area contributed by atoms with Crippen LogP contribution in [0.3, 0.4) is 0 Å². The Morgan fingerprint density at radius 2 is 1.38 bits per heavy atom. The molecule has 5 heteroatoms. The van der Waals surface area contributed by atoms with Crippen LogP contribution < -0.4 is 0 Å². The van der Waals surface area contributed by atoms with Crippen LogP contribution in [-0.4, -0.2) is 18.5 Å². The van der Waals surface area contributed by atoms with E-state index in [1.165, 1.54) is 6.92 Å². The second kappa shape index (κ2) is 58.1. The Balaban J connectivity index is -0.0000000147. The number of hydrogen-bond donors (Lipinski definition) is 1. The molecular formula is C3H8ArI2O2. The zero-order valence-electron chi connectivity index (χ0n) is 4.54. The number of aliphatic hydroxyl groups is 1. The molecule has 0 aromatic rings. The van der Waals surface area contributed by atoms with Crippen LogP contribution in [0.4, 0.5) is 0 Å². The van der Waals surface area contributed by atoms with E-state index in [1.807, 2.05) is 0 Å². The molecular weight excluding hydrogens is 362 g/mol. The van der Waals surface area contributed by atoms with Gasteiger partial charge in [0.2, 0.25) is 0 Å². The van der Waals surface area contributed by atoms with Crippen LogP contribution in [0.15, 0.2) is 0 Å². The van der Waals surface area contributed by atoms with Crippen molar-refractivity contribution >= 4 is 43.5 Å². The largest absolute Gasteiger partial charge is 0.400 e. The van der Waals surface area contributed by atoms with Crippen molar-refractivity contribution in [1.29, 1.82) is 0 Å². The van der Waals surface area contributed by atoms with Crippen molar-refractivity contribution in [2.45, 2.75) is 6.92 Å². The molecule has 54 valence electrons. The average molecular weight is 370 g/mol. The number of hydrogen-bond acceptors (Lipinski definition) is 2. The van der Waals surface area contributed by atoms with Crippen LogP contribution in [0.1, 0.15) is 6.92 Å². The molecule has 0 unspecified atom stereocenters. The van der Waals surface area contributed by atoms with Gasteiger partial charge in [0.15, 0.2) is 0 Å². The standard InChI is InChI=1S/C2H4O.CH4O.Ar.I2/c1-2-3;1-2;;1-2/h2H,1H3;2H,1H3;;. The molecule has 0 aromatic heterocycles. The molecule has 2 nitrogen and oxygen atoms in total. The molecule has 0 spiro atoms. The first kappa shape index (κ1) is 22.4. The van der Waals surface area contributed by atoms with Crippen LogP contribution in [0.25, 0.3) is 0 Å². The van der Waals surface area contributed by atoms with Gasteiger partial charge in [-0.05, 0) is 6.92 Å². The Morgan fingerprint density at radius 1 is 1.38 bits per heavy atom. The van der Waals surface area contributed by atoms with Crippen molar-refractivity contribution in [3.63, 3.8) is 0 Å². The number of aliphatic hydroxyl groups excluding tert-OH is 1. The molecule has 0 heterocycles. The number of carbonyl (C=O) groups is 1. The normalized spacial score (nSPS) is 3.12. The maximum Gasteiger partial charge on any atom is 0.116 e. The summed E-state index contributed by atoms with van der Waals surface area (Å²) in [6.45, 7) is 1.44. The third kappa shape index (κ3) is 81.7. The van der Waals surface area contributed by atoms with E-state index in [-0.39, 0.29) is 37.7 Å². The molecule has 0 atom stereocenters. The second-order valence-corrected chi connectivity index (χ2v) is 0.236. The Morgan fingerprint density at radius 3 is 1.38 bits per heavy atom. The minimum Gasteiger partial charge on any atom is -0.400 e. The van der Waals surface area contributed by atoms with Crippen molar-refractivity contribution in [3.8, 4) is 0 Å². The fourth-order valence-electron chi connectivity index (χ4n) is 0. The molecule has 0 amide bonds. The van der Waals surface area contributed by atoms with E-state index in [0.717, 1.165) is 13.4 Å². The Hall–Kier alpha value is 2.35. The molecule has 8 heavy (non-hydrogen) atoms. The van der Waals surface area contributed by atoms with Gasteiger partial charge in [-0.1, -0.05) is 0 Å². The third-order valence-corrected chi connectivity index (χ3v) is 0. The van der Waals surface area contributed by atoms with Crippen molar-refractivity contribution in [2.75, 3.05) is 7.11 Å². The molecule has 0 aromatic carbocycles. The van der Waals surface area contributed by atoms with E-state index >= 15 is 0 Å². The Bertz CT molecular complexity index is 22.8. The predicted octanol–water partition coefficient (Wildman–Crippen LogP) is 1.59. The molecule has 0 bridgehead atoms. The molecule has 0 aliphatic heterocycles. The van der Waals surface area contributed by atoms with E-state index in [2.05, 4.69) is 37.2 Å². The van der Waals surface area contributed by atoms with E-state index in [1.54, 1.807) is 0 Å². The van der Waals surface area contributed by atoms with Gasteiger partial charge >= 0.3 is 0 Å². The molecule has 0 radical (unpaired) electrons. The minimum atomic E-state index is 0. The first-order valence-electron chi connectivity index (χ1n) is 1.40. The Labute approximate surface area is 103 Å². The molecule has 1 N–H and O–H groups in total. The van der Waals surface area contributed by atoms with Gasteiger partial charge in [0.1, 0.15) is 6.29 Å². The number of halogens is 2. The van der Waals surface area contributed by atoms with Crippen LogP contribution >= 0.6 is 37.2 Å². The van der Waals surface area contributed by atoms with Crippen LogP contribution in [0.5, 0.6) is 0 Å². The summed E-state index contributed by atoms with van der Waals surface area (Å²) in [6, 6.07) is 0. The summed E-state index contributed by atoms with van der Waals surface area (Å²) >= 11 is 4.24. The van der Waals surface area contributed by atoms with Gasteiger partial charge in [-0.25, -0.2) is 0 Å². The van der Waals surface area contributed by atoms with Crippen LogP contribution in [0.2, 0.25) is 0 Å². The molecule has 0 aliphatic rings. The fourth-order valence-corrected chi connectivity index (χ4v) is 0. The van der Waals surface area contributed by atoms with Crippen molar-refractivity contribution < 1.29 is 47.6 Å². The van der Waals surface area contributed by atoms with Gasteiger partial charge < -0.3 is 9.90 Å². The number of rotatable bonds is 0. The van der Waals surface area contributed by atoms with Crippen LogP contribution in [-0.2, 0) is 4.79 Å². The third-order valence-electron chi connectivity index (χ3n) is 0. The topological polar surface area (TPSA) is 37.3 Å². The van der Waals surface area contributed by atoms with Gasteiger partial charge in [-0.2, -0.15) is 0 Å². The summed E-state index contributed by atoms with van der Waals surface area (Å²) in [5.74, 6) is 0. The molecule has 0 saturated carbocycles. The number of aldehydes is 1. The molecule has 0 saturated heterocycles. The van der Waals surface area contributed by atoms with Gasteiger partial charge in [0, 0.05) is 82.1 Å². The minimum absolute atomic E-state index is 0. The van der Waals surface area contributed by atoms with E-state index in [4.69, 9.17) is 9.90 Å². The monoisotopic (exact) mass is 370 g/mol. The van der Waals surface area contributed by atoms with Gasteiger partial charge in [-0.3, -0.25) is 0 Å². The summed E-state index contributed by atoms with van der Waals surface area (Å²) in [5.41, 5.74) is 0. The average Bonchev–Trinajstić information content (AvgIpc) is 1.78. The molecule has 0 aliphatic carbocycles. The van der Waals surface area contributed by atoms with Crippen molar-refractivity contribution in [2.24, 2.45) is 0 Å². The van der Waals surface area contributed by atoms with Gasteiger partial charge in [-0.15, -0.1) is 0 Å². The summed E-state index contributed by atoms with van der Waals surface area (Å²) in [6.07, 6.45) is 0.750.